The molecule has 0 saturated carbocycles. The van der Waals surface area contributed by atoms with E-state index in [1.165, 1.54) is 12.1 Å². The SMILES string of the molecule is CC(C)(C)NCc1ccc2c(c1)OCCC2NC(=O)CC(NS(=O)(=O)c1cc(C(F)(F)F)ccc1Cl)c1ccc(F)cc1. The summed E-state index contributed by atoms with van der Waals surface area (Å²) in [5.41, 5.74) is 0.700. The van der Waals surface area contributed by atoms with Gasteiger partial charge in [0.15, 0.2) is 0 Å². The summed E-state index contributed by atoms with van der Waals surface area (Å²) in [6.45, 7) is 7.13. The molecule has 0 spiro atoms. The van der Waals surface area contributed by atoms with Gasteiger partial charge >= 0.3 is 6.18 Å². The van der Waals surface area contributed by atoms with Crippen LogP contribution in [-0.2, 0) is 27.5 Å². The molecule has 0 aliphatic carbocycles. The predicted octanol–water partition coefficient (Wildman–Crippen LogP) is 6.44. The van der Waals surface area contributed by atoms with E-state index in [0.717, 1.165) is 29.3 Å². The van der Waals surface area contributed by atoms with Crippen molar-refractivity contribution >= 4 is 27.5 Å². The Labute approximate surface area is 253 Å². The van der Waals surface area contributed by atoms with Crippen LogP contribution in [0.25, 0.3) is 0 Å². The van der Waals surface area contributed by atoms with Gasteiger partial charge in [0.25, 0.3) is 0 Å². The van der Waals surface area contributed by atoms with Gasteiger partial charge in [-0.25, -0.2) is 17.5 Å². The Bertz CT molecular complexity index is 1580. The summed E-state index contributed by atoms with van der Waals surface area (Å²) in [6.07, 6.45) is -4.78. The zero-order valence-electron chi connectivity index (χ0n) is 23.7. The van der Waals surface area contributed by atoms with Crippen LogP contribution in [0.1, 0.15) is 68.0 Å². The maximum absolute atomic E-state index is 13.7. The molecule has 4 rings (SSSR count). The fourth-order valence-electron chi connectivity index (χ4n) is 4.56. The summed E-state index contributed by atoms with van der Waals surface area (Å²) < 4.78 is 88.2. The van der Waals surface area contributed by atoms with Gasteiger partial charge in [0.1, 0.15) is 16.5 Å². The fraction of sp³-hybridized carbons (Fsp3) is 0.367. The molecule has 2 unspecified atom stereocenters. The predicted molar refractivity (Wildman–Crippen MR) is 155 cm³/mol. The second-order valence-electron chi connectivity index (χ2n) is 11.3. The van der Waals surface area contributed by atoms with E-state index < -0.39 is 61.9 Å². The third kappa shape index (κ3) is 8.69. The van der Waals surface area contributed by atoms with Crippen molar-refractivity contribution in [3.05, 3.63) is 93.8 Å². The van der Waals surface area contributed by atoms with E-state index in [1.807, 2.05) is 18.2 Å². The molecule has 2 atom stereocenters. The topological polar surface area (TPSA) is 96.5 Å². The highest BCUT2D eigenvalue weighted by atomic mass is 35.5. The Morgan fingerprint density at radius 3 is 2.40 bits per heavy atom. The van der Waals surface area contributed by atoms with Crippen molar-refractivity contribution in [1.29, 1.82) is 0 Å². The first-order valence-electron chi connectivity index (χ1n) is 13.5. The first kappa shape index (κ1) is 32.7. The van der Waals surface area contributed by atoms with Gasteiger partial charge in [-0.15, -0.1) is 0 Å². The molecule has 232 valence electrons. The van der Waals surface area contributed by atoms with Gasteiger partial charge in [-0.05, 0) is 68.3 Å². The minimum Gasteiger partial charge on any atom is -0.493 e. The summed E-state index contributed by atoms with van der Waals surface area (Å²) in [5.74, 6) is -0.505. The summed E-state index contributed by atoms with van der Waals surface area (Å²) in [7, 11) is -4.66. The second kappa shape index (κ2) is 12.8. The van der Waals surface area contributed by atoms with Crippen LogP contribution in [0, 0.1) is 5.82 Å². The normalized spacial score (nSPS) is 16.2. The number of ether oxygens (including phenoxy) is 1. The van der Waals surface area contributed by atoms with E-state index in [4.69, 9.17) is 16.3 Å². The van der Waals surface area contributed by atoms with E-state index in [0.29, 0.717) is 37.5 Å². The molecule has 43 heavy (non-hydrogen) atoms. The first-order chi connectivity index (χ1) is 20.0. The number of nitrogens with one attached hydrogen (secondary N) is 3. The third-order valence-electron chi connectivity index (χ3n) is 6.78. The van der Waals surface area contributed by atoms with Crippen molar-refractivity contribution in [3.63, 3.8) is 0 Å². The van der Waals surface area contributed by atoms with E-state index in [2.05, 4.69) is 36.1 Å². The fourth-order valence-corrected chi connectivity index (χ4v) is 6.31. The van der Waals surface area contributed by atoms with Crippen LogP contribution in [0.4, 0.5) is 17.6 Å². The lowest BCUT2D eigenvalue weighted by Crippen LogP contribution is -2.37. The maximum Gasteiger partial charge on any atom is 0.416 e. The van der Waals surface area contributed by atoms with Crippen LogP contribution < -0.4 is 20.1 Å². The van der Waals surface area contributed by atoms with Crippen LogP contribution in [0.3, 0.4) is 0 Å². The quantitative estimate of drug-likeness (QED) is 0.234. The minimum absolute atomic E-state index is 0.0810. The van der Waals surface area contributed by atoms with Crippen molar-refractivity contribution < 1.29 is 35.5 Å². The van der Waals surface area contributed by atoms with Gasteiger partial charge in [-0.3, -0.25) is 4.79 Å². The van der Waals surface area contributed by atoms with E-state index in [9.17, 15) is 30.8 Å². The van der Waals surface area contributed by atoms with Gasteiger partial charge in [0.05, 0.1) is 29.3 Å². The highest BCUT2D eigenvalue weighted by molar-refractivity contribution is 7.89. The molecule has 3 N–H and O–H groups in total. The van der Waals surface area contributed by atoms with Gasteiger partial charge in [0.2, 0.25) is 15.9 Å². The largest absolute Gasteiger partial charge is 0.493 e. The number of carbonyl (C=O) groups is 1. The third-order valence-corrected chi connectivity index (χ3v) is 8.74. The Morgan fingerprint density at radius 1 is 1.05 bits per heavy atom. The molecule has 13 heteroatoms. The van der Waals surface area contributed by atoms with E-state index >= 15 is 0 Å². The monoisotopic (exact) mass is 641 g/mol. The molecule has 0 radical (unpaired) electrons. The minimum atomic E-state index is -4.81. The average Bonchev–Trinajstić information content (AvgIpc) is 2.91. The first-order valence-corrected chi connectivity index (χ1v) is 15.3. The molecule has 0 aromatic heterocycles. The van der Waals surface area contributed by atoms with Crippen LogP contribution in [0.2, 0.25) is 5.02 Å². The van der Waals surface area contributed by atoms with Crippen molar-refractivity contribution in [2.45, 2.75) is 68.9 Å². The van der Waals surface area contributed by atoms with E-state index in [1.54, 1.807) is 0 Å². The molecular formula is C30H32ClF4N3O4S. The van der Waals surface area contributed by atoms with Crippen molar-refractivity contribution in [3.8, 4) is 5.75 Å². The zero-order valence-corrected chi connectivity index (χ0v) is 25.3. The second-order valence-corrected chi connectivity index (χ2v) is 13.4. The lowest BCUT2D eigenvalue weighted by molar-refractivity contribution is -0.137. The van der Waals surface area contributed by atoms with Gasteiger partial charge in [-0.2, -0.15) is 13.2 Å². The molecule has 1 aliphatic heterocycles. The Kier molecular flexibility index (Phi) is 9.75. The van der Waals surface area contributed by atoms with Crippen molar-refractivity contribution in [2.24, 2.45) is 0 Å². The number of alkyl halides is 3. The molecular weight excluding hydrogens is 610 g/mol. The molecule has 1 amide bonds. The smallest absolute Gasteiger partial charge is 0.416 e. The standard InChI is InChI=1S/C30H32ClF4N3O4S/c1-29(2,3)36-17-18-4-10-22-24(12-13-42-26(22)14-18)37-28(39)16-25(19-5-8-21(32)9-6-19)38-43(40,41)27-15-20(30(33,34)35)7-11-23(27)31/h4-11,14-15,24-25,36,38H,12-13,16-17H2,1-3H3,(H,37,39). The Balaban J connectivity index is 1.55. The number of sulfonamides is 1. The molecule has 7 nitrogen and oxygen atoms in total. The number of amides is 1. The van der Waals surface area contributed by atoms with Crippen molar-refractivity contribution in [2.75, 3.05) is 6.61 Å². The summed E-state index contributed by atoms with van der Waals surface area (Å²) in [6, 6.07) is 10.7. The zero-order chi connectivity index (χ0) is 31.6. The van der Waals surface area contributed by atoms with Crippen LogP contribution in [0.15, 0.2) is 65.6 Å². The number of hydrogen-bond donors (Lipinski definition) is 3. The number of fused-ring (bicyclic) bond motifs is 1. The van der Waals surface area contributed by atoms with Gasteiger partial charge in [0, 0.05) is 30.5 Å². The van der Waals surface area contributed by atoms with Crippen LogP contribution >= 0.6 is 11.6 Å². The van der Waals surface area contributed by atoms with Crippen LogP contribution in [0.5, 0.6) is 5.75 Å². The van der Waals surface area contributed by atoms with Gasteiger partial charge in [-0.1, -0.05) is 35.9 Å². The highest BCUT2D eigenvalue weighted by Gasteiger charge is 2.34. The number of rotatable bonds is 9. The summed E-state index contributed by atoms with van der Waals surface area (Å²) in [4.78, 5) is 12.5. The Morgan fingerprint density at radius 2 is 1.74 bits per heavy atom. The highest BCUT2D eigenvalue weighted by Crippen LogP contribution is 2.35. The van der Waals surface area contributed by atoms with Crippen molar-refractivity contribution in [1.82, 2.24) is 15.4 Å². The number of benzene rings is 3. The lowest BCUT2D eigenvalue weighted by atomic mass is 9.97. The number of carbonyl (C=O) groups excluding carboxylic acids is 1. The molecule has 1 heterocycles. The molecule has 1 aliphatic rings. The van der Waals surface area contributed by atoms with E-state index in [-0.39, 0.29) is 11.1 Å². The molecule has 3 aromatic rings. The lowest BCUT2D eigenvalue weighted by Gasteiger charge is -2.28. The van der Waals surface area contributed by atoms with Crippen LogP contribution in [-0.4, -0.2) is 26.5 Å². The summed E-state index contributed by atoms with van der Waals surface area (Å²) >= 11 is 5.99. The number of halogens is 5. The molecule has 0 fully saturated rings. The maximum atomic E-state index is 13.7. The Hall–Kier alpha value is -3.19. The average molecular weight is 642 g/mol. The molecule has 3 aromatic carbocycles. The molecule has 0 bridgehead atoms. The summed E-state index contributed by atoms with van der Waals surface area (Å²) in [5, 5.41) is 5.88. The number of hydrogen-bond acceptors (Lipinski definition) is 5. The molecule has 0 saturated heterocycles. The van der Waals surface area contributed by atoms with Gasteiger partial charge < -0.3 is 15.4 Å².